The summed E-state index contributed by atoms with van der Waals surface area (Å²) in [5, 5.41) is 16.4. The number of rotatable bonds is 1. The number of hydrogen-bond donors (Lipinski definition) is 2. The van der Waals surface area contributed by atoms with Gasteiger partial charge in [0.25, 0.3) is 0 Å². The molecule has 0 radical (unpaired) electrons. The molecule has 0 aliphatic rings. The maximum absolute atomic E-state index is 10.5. The van der Waals surface area contributed by atoms with Crippen molar-refractivity contribution in [3.63, 3.8) is 0 Å². The van der Waals surface area contributed by atoms with Gasteiger partial charge in [-0.25, -0.2) is 9.97 Å². The molecule has 8 nitrogen and oxygen atoms in total. The number of hydrogen-bond acceptors (Lipinski definition) is 6. The number of nitro groups is 1. The Labute approximate surface area is 70.9 Å². The number of nitrogens with zero attached hydrogens (tertiary/aromatic N) is 4. The number of nitrogen functional groups attached to an aromatic ring is 1. The van der Waals surface area contributed by atoms with Gasteiger partial charge in [0.05, 0.1) is 0 Å². The van der Waals surface area contributed by atoms with E-state index in [0.717, 1.165) is 0 Å². The van der Waals surface area contributed by atoms with Crippen LogP contribution in [-0.4, -0.2) is 25.1 Å². The molecule has 0 spiro atoms. The number of aromatic nitrogens is 4. The van der Waals surface area contributed by atoms with Gasteiger partial charge in [-0.3, -0.25) is 0 Å². The fraction of sp³-hybridized carbons (Fsp3) is 0. The summed E-state index contributed by atoms with van der Waals surface area (Å²) in [7, 11) is 0. The molecule has 2 rings (SSSR count). The molecule has 0 amide bonds. The molecule has 2 aromatic rings. The minimum atomic E-state index is -0.616. The van der Waals surface area contributed by atoms with Crippen molar-refractivity contribution in [1.82, 2.24) is 20.2 Å². The average molecular weight is 180 g/mol. The van der Waals surface area contributed by atoms with Crippen LogP contribution in [0.15, 0.2) is 6.33 Å². The zero-order valence-electron chi connectivity index (χ0n) is 6.26. The largest absolute Gasteiger partial charge is 0.383 e. The fourth-order valence-electron chi connectivity index (χ4n) is 0.995. The molecule has 0 saturated heterocycles. The first-order valence-corrected chi connectivity index (χ1v) is 3.29. The zero-order valence-corrected chi connectivity index (χ0v) is 6.26. The van der Waals surface area contributed by atoms with Gasteiger partial charge in [-0.2, -0.15) is 0 Å². The highest BCUT2D eigenvalue weighted by atomic mass is 16.6. The number of anilines is 1. The summed E-state index contributed by atoms with van der Waals surface area (Å²) in [6.07, 6.45) is 1.20. The maximum Gasteiger partial charge on any atom is 0.356 e. The molecule has 2 aromatic heterocycles. The molecule has 0 aliphatic heterocycles. The molecule has 13 heavy (non-hydrogen) atoms. The van der Waals surface area contributed by atoms with Crippen LogP contribution in [0.3, 0.4) is 0 Å². The van der Waals surface area contributed by atoms with E-state index in [4.69, 9.17) is 5.73 Å². The van der Waals surface area contributed by atoms with E-state index in [1.54, 1.807) is 0 Å². The Morgan fingerprint density at radius 2 is 2.31 bits per heavy atom. The molecule has 0 fully saturated rings. The Morgan fingerprint density at radius 1 is 1.54 bits per heavy atom. The summed E-state index contributed by atoms with van der Waals surface area (Å²) in [6.45, 7) is 0. The highest BCUT2D eigenvalue weighted by Crippen LogP contribution is 2.23. The van der Waals surface area contributed by atoms with Crippen LogP contribution >= 0.6 is 0 Å². The molecule has 0 atom stereocenters. The summed E-state index contributed by atoms with van der Waals surface area (Å²) in [6, 6.07) is 0. The van der Waals surface area contributed by atoms with Crippen LogP contribution in [0.25, 0.3) is 11.0 Å². The monoisotopic (exact) mass is 180 g/mol. The van der Waals surface area contributed by atoms with Crippen LogP contribution in [0.1, 0.15) is 0 Å². The number of H-pyrrole nitrogens is 1. The molecule has 0 aromatic carbocycles. The quantitative estimate of drug-likeness (QED) is 0.464. The number of nitrogens with one attached hydrogen (secondary N) is 1. The van der Waals surface area contributed by atoms with Gasteiger partial charge in [-0.15, -0.1) is 5.10 Å². The van der Waals surface area contributed by atoms with Gasteiger partial charge in [0.2, 0.25) is 5.65 Å². The molecule has 0 saturated carbocycles. The van der Waals surface area contributed by atoms with E-state index in [-0.39, 0.29) is 22.7 Å². The molecule has 66 valence electrons. The van der Waals surface area contributed by atoms with Crippen LogP contribution in [0.5, 0.6) is 0 Å². The van der Waals surface area contributed by atoms with Crippen LogP contribution in [0.4, 0.5) is 11.6 Å². The molecular weight excluding hydrogens is 176 g/mol. The maximum atomic E-state index is 10.5. The molecule has 3 N–H and O–H groups in total. The van der Waals surface area contributed by atoms with Gasteiger partial charge in [-0.05, 0) is 4.92 Å². The molecule has 0 bridgehead atoms. The zero-order chi connectivity index (χ0) is 9.42. The van der Waals surface area contributed by atoms with Crippen LogP contribution < -0.4 is 5.73 Å². The first kappa shape index (κ1) is 7.40. The van der Waals surface area contributed by atoms with Crippen LogP contribution in [-0.2, 0) is 0 Å². The van der Waals surface area contributed by atoms with Gasteiger partial charge >= 0.3 is 5.82 Å². The van der Waals surface area contributed by atoms with E-state index < -0.39 is 4.92 Å². The molecule has 8 heteroatoms. The van der Waals surface area contributed by atoms with Gasteiger partial charge < -0.3 is 15.8 Å². The third-order valence-corrected chi connectivity index (χ3v) is 1.54. The van der Waals surface area contributed by atoms with E-state index in [0.29, 0.717) is 0 Å². The summed E-state index contributed by atoms with van der Waals surface area (Å²) in [5.74, 6) is -0.237. The minimum absolute atomic E-state index is 0.0467. The Balaban J connectivity index is 2.86. The highest BCUT2D eigenvalue weighted by Gasteiger charge is 2.18. The lowest BCUT2D eigenvalue weighted by molar-refractivity contribution is -0.387. The third-order valence-electron chi connectivity index (χ3n) is 1.54. The molecule has 0 unspecified atom stereocenters. The van der Waals surface area contributed by atoms with Crippen molar-refractivity contribution >= 4 is 22.7 Å². The predicted octanol–water partition coefficient (Wildman–Crippen LogP) is -0.157. The summed E-state index contributed by atoms with van der Waals surface area (Å²) in [4.78, 5) is 17.2. The normalized spacial score (nSPS) is 10.5. The van der Waals surface area contributed by atoms with Crippen molar-refractivity contribution < 1.29 is 4.92 Å². The third kappa shape index (κ3) is 0.956. The van der Waals surface area contributed by atoms with Crippen molar-refractivity contribution in [3.8, 4) is 0 Å². The summed E-state index contributed by atoms with van der Waals surface area (Å²) < 4.78 is 0. The van der Waals surface area contributed by atoms with Gasteiger partial charge in [0.15, 0.2) is 5.39 Å². The van der Waals surface area contributed by atoms with Crippen LogP contribution in [0.2, 0.25) is 0 Å². The SMILES string of the molecule is Nc1ncnc2n[nH]c([N+](=O)[O-])c12. The van der Waals surface area contributed by atoms with Crippen molar-refractivity contribution in [3.05, 3.63) is 16.4 Å². The molecular formula is C5H4N6O2. The standard InChI is InChI=1S/C5H4N6O2/c6-3-2-4(8-1-7-3)9-10-5(2)11(12)13/h1H,(H3,6,7,8,9,10). The van der Waals surface area contributed by atoms with Crippen molar-refractivity contribution in [2.24, 2.45) is 0 Å². The van der Waals surface area contributed by atoms with Gasteiger partial charge in [0.1, 0.15) is 12.1 Å². The van der Waals surface area contributed by atoms with Crippen molar-refractivity contribution in [2.45, 2.75) is 0 Å². The molecule has 0 aliphatic carbocycles. The topological polar surface area (TPSA) is 124 Å². The summed E-state index contributed by atoms with van der Waals surface area (Å²) in [5.41, 5.74) is 5.62. The minimum Gasteiger partial charge on any atom is -0.383 e. The van der Waals surface area contributed by atoms with E-state index in [1.165, 1.54) is 6.33 Å². The lowest BCUT2D eigenvalue weighted by Crippen LogP contribution is -1.94. The Bertz CT molecular complexity index is 477. The Kier molecular flexibility index (Phi) is 1.35. The number of aromatic amines is 1. The second-order valence-corrected chi connectivity index (χ2v) is 2.29. The number of nitrogens with two attached hydrogens (primary N) is 1. The Hall–Kier alpha value is -2.25. The lowest BCUT2D eigenvalue weighted by Gasteiger charge is -1.92. The van der Waals surface area contributed by atoms with E-state index in [9.17, 15) is 10.1 Å². The van der Waals surface area contributed by atoms with Gasteiger partial charge in [-0.1, -0.05) is 5.10 Å². The van der Waals surface area contributed by atoms with Gasteiger partial charge in [0, 0.05) is 0 Å². The van der Waals surface area contributed by atoms with E-state index >= 15 is 0 Å². The number of fused-ring (bicyclic) bond motifs is 1. The van der Waals surface area contributed by atoms with Crippen LogP contribution in [0, 0.1) is 10.1 Å². The highest BCUT2D eigenvalue weighted by molar-refractivity contribution is 5.92. The first-order chi connectivity index (χ1) is 6.20. The predicted molar refractivity (Wildman–Crippen MR) is 42.8 cm³/mol. The van der Waals surface area contributed by atoms with Crippen molar-refractivity contribution in [1.29, 1.82) is 0 Å². The smallest absolute Gasteiger partial charge is 0.356 e. The van der Waals surface area contributed by atoms with E-state index in [2.05, 4.69) is 20.2 Å². The van der Waals surface area contributed by atoms with Crippen molar-refractivity contribution in [2.75, 3.05) is 5.73 Å². The second-order valence-electron chi connectivity index (χ2n) is 2.29. The second kappa shape index (κ2) is 2.37. The first-order valence-electron chi connectivity index (χ1n) is 3.29. The lowest BCUT2D eigenvalue weighted by atomic mass is 10.4. The Morgan fingerprint density at radius 3 is 3.00 bits per heavy atom. The summed E-state index contributed by atoms with van der Waals surface area (Å²) >= 11 is 0. The van der Waals surface area contributed by atoms with E-state index in [1.807, 2.05) is 0 Å². The fourth-order valence-corrected chi connectivity index (χ4v) is 0.995. The molecule has 2 heterocycles. The average Bonchev–Trinajstić information content (AvgIpc) is 2.49.